The summed E-state index contributed by atoms with van der Waals surface area (Å²) < 4.78 is 0. The summed E-state index contributed by atoms with van der Waals surface area (Å²) in [5, 5.41) is 3.56. The maximum atomic E-state index is 6.12. The molecule has 1 aliphatic carbocycles. The second-order valence-corrected chi connectivity index (χ2v) is 4.75. The zero-order chi connectivity index (χ0) is 11.4. The van der Waals surface area contributed by atoms with Crippen molar-refractivity contribution in [1.82, 2.24) is 0 Å². The van der Waals surface area contributed by atoms with E-state index in [1.54, 1.807) is 0 Å². The fraction of sp³-hybridized carbons (Fsp3) is 0.571. The minimum atomic E-state index is 0.319. The first kappa shape index (κ1) is 11.5. The molecule has 1 aromatic carbocycles. The summed E-state index contributed by atoms with van der Waals surface area (Å²) in [4.78, 5) is 0. The van der Waals surface area contributed by atoms with E-state index in [0.717, 1.165) is 12.8 Å². The molecular weight excluding hydrogens is 196 g/mol. The first-order chi connectivity index (χ1) is 7.79. The van der Waals surface area contributed by atoms with Gasteiger partial charge in [0.05, 0.1) is 0 Å². The van der Waals surface area contributed by atoms with Gasteiger partial charge in [-0.2, -0.15) is 0 Å². The van der Waals surface area contributed by atoms with Crippen molar-refractivity contribution >= 4 is 5.69 Å². The molecular formula is C14H22N2. The third kappa shape index (κ3) is 2.76. The van der Waals surface area contributed by atoms with Gasteiger partial charge in [0, 0.05) is 17.8 Å². The Morgan fingerprint density at radius 1 is 1.19 bits per heavy atom. The summed E-state index contributed by atoms with van der Waals surface area (Å²) in [6, 6.07) is 9.49. The number of benzene rings is 1. The Balaban J connectivity index is 1.96. The topological polar surface area (TPSA) is 38.0 Å². The van der Waals surface area contributed by atoms with Crippen LogP contribution in [0.1, 0.15) is 38.2 Å². The Morgan fingerprint density at radius 2 is 1.88 bits per heavy atom. The second kappa shape index (κ2) is 5.35. The molecule has 0 bridgehead atoms. The molecule has 16 heavy (non-hydrogen) atoms. The van der Waals surface area contributed by atoms with Crippen LogP contribution in [0, 0.1) is 0 Å². The third-order valence-electron chi connectivity index (χ3n) is 3.53. The van der Waals surface area contributed by atoms with Crippen molar-refractivity contribution < 1.29 is 0 Å². The van der Waals surface area contributed by atoms with Crippen molar-refractivity contribution in [2.45, 2.75) is 51.1 Å². The van der Waals surface area contributed by atoms with Gasteiger partial charge < -0.3 is 11.1 Å². The molecule has 88 valence electrons. The summed E-state index contributed by atoms with van der Waals surface area (Å²) in [5.74, 6) is 0. The molecule has 0 saturated heterocycles. The van der Waals surface area contributed by atoms with E-state index >= 15 is 0 Å². The van der Waals surface area contributed by atoms with Crippen molar-refractivity contribution in [2.75, 3.05) is 5.32 Å². The Kier molecular flexibility index (Phi) is 3.83. The molecule has 2 heteroatoms. The lowest BCUT2D eigenvalue weighted by atomic mass is 9.91. The van der Waals surface area contributed by atoms with Crippen LogP contribution in [0.4, 0.5) is 5.69 Å². The number of hydrogen-bond acceptors (Lipinski definition) is 2. The highest BCUT2D eigenvalue weighted by Gasteiger charge is 2.21. The van der Waals surface area contributed by atoms with Crippen molar-refractivity contribution in [2.24, 2.45) is 5.73 Å². The normalized spacial score (nSPS) is 25.4. The van der Waals surface area contributed by atoms with E-state index in [1.807, 2.05) is 0 Å². The van der Waals surface area contributed by atoms with Gasteiger partial charge in [-0.3, -0.25) is 0 Å². The van der Waals surface area contributed by atoms with E-state index in [2.05, 4.69) is 36.5 Å². The lowest BCUT2D eigenvalue weighted by Gasteiger charge is -2.30. The van der Waals surface area contributed by atoms with E-state index in [-0.39, 0.29) is 0 Å². The molecule has 0 aromatic heterocycles. The van der Waals surface area contributed by atoms with Crippen molar-refractivity contribution in [3.05, 3.63) is 29.8 Å². The van der Waals surface area contributed by atoms with Gasteiger partial charge in [0.15, 0.2) is 0 Å². The average Bonchev–Trinajstić information content (AvgIpc) is 2.33. The number of nitrogens with two attached hydrogens (primary N) is 1. The van der Waals surface area contributed by atoms with Crippen LogP contribution in [0.3, 0.4) is 0 Å². The quantitative estimate of drug-likeness (QED) is 0.818. The molecule has 1 fully saturated rings. The lowest BCUT2D eigenvalue weighted by molar-refractivity contribution is 0.404. The van der Waals surface area contributed by atoms with Crippen LogP contribution >= 0.6 is 0 Å². The number of hydrogen-bond donors (Lipinski definition) is 2. The fourth-order valence-corrected chi connectivity index (χ4v) is 2.39. The van der Waals surface area contributed by atoms with Gasteiger partial charge in [0.1, 0.15) is 0 Å². The first-order valence-electron chi connectivity index (χ1n) is 6.40. The molecule has 0 spiro atoms. The standard InChI is InChI=1S/C14H22N2/c1-2-11-7-9-12(10-8-11)16-14-6-4-3-5-13(14)15/h7-10,13-14,16H,2-6,15H2,1H3/t13-,14+/m0/s1. The van der Waals surface area contributed by atoms with Gasteiger partial charge in [-0.05, 0) is 37.0 Å². The highest BCUT2D eigenvalue weighted by Crippen LogP contribution is 2.21. The fourth-order valence-electron chi connectivity index (χ4n) is 2.39. The minimum absolute atomic E-state index is 0.319. The summed E-state index contributed by atoms with van der Waals surface area (Å²) in [6.07, 6.45) is 6.05. The predicted octanol–water partition coefficient (Wildman–Crippen LogP) is 2.93. The number of aryl methyl sites for hydroxylation is 1. The molecule has 2 nitrogen and oxygen atoms in total. The van der Waals surface area contributed by atoms with Crippen LogP contribution in [-0.4, -0.2) is 12.1 Å². The molecule has 0 radical (unpaired) electrons. The molecule has 0 amide bonds. The molecule has 3 N–H and O–H groups in total. The van der Waals surface area contributed by atoms with Crippen LogP contribution in [0.5, 0.6) is 0 Å². The Hall–Kier alpha value is -1.02. The van der Waals surface area contributed by atoms with Crippen LogP contribution in [0.25, 0.3) is 0 Å². The van der Waals surface area contributed by atoms with Crippen LogP contribution in [0.2, 0.25) is 0 Å². The highest BCUT2D eigenvalue weighted by molar-refractivity contribution is 5.45. The largest absolute Gasteiger partial charge is 0.381 e. The van der Waals surface area contributed by atoms with Crippen molar-refractivity contribution in [3.8, 4) is 0 Å². The molecule has 0 heterocycles. The maximum Gasteiger partial charge on any atom is 0.0412 e. The van der Waals surface area contributed by atoms with E-state index in [9.17, 15) is 0 Å². The maximum absolute atomic E-state index is 6.12. The van der Waals surface area contributed by atoms with Gasteiger partial charge in [-0.25, -0.2) is 0 Å². The van der Waals surface area contributed by atoms with Gasteiger partial charge in [-0.15, -0.1) is 0 Å². The van der Waals surface area contributed by atoms with Crippen molar-refractivity contribution in [1.29, 1.82) is 0 Å². The zero-order valence-corrected chi connectivity index (χ0v) is 10.1. The van der Waals surface area contributed by atoms with Crippen LogP contribution in [0.15, 0.2) is 24.3 Å². The van der Waals surface area contributed by atoms with E-state index in [1.165, 1.54) is 30.5 Å². The highest BCUT2D eigenvalue weighted by atomic mass is 15.0. The minimum Gasteiger partial charge on any atom is -0.381 e. The Morgan fingerprint density at radius 3 is 2.50 bits per heavy atom. The second-order valence-electron chi connectivity index (χ2n) is 4.75. The number of nitrogens with one attached hydrogen (secondary N) is 1. The third-order valence-corrected chi connectivity index (χ3v) is 3.53. The molecule has 2 rings (SSSR count). The van der Waals surface area contributed by atoms with Crippen LogP contribution < -0.4 is 11.1 Å². The van der Waals surface area contributed by atoms with Gasteiger partial charge in [0.25, 0.3) is 0 Å². The summed E-state index contributed by atoms with van der Waals surface area (Å²) in [5.41, 5.74) is 8.72. The smallest absolute Gasteiger partial charge is 0.0412 e. The summed E-state index contributed by atoms with van der Waals surface area (Å²) in [6.45, 7) is 2.18. The Bertz CT molecular complexity index is 318. The molecule has 1 saturated carbocycles. The van der Waals surface area contributed by atoms with Crippen LogP contribution in [-0.2, 0) is 6.42 Å². The molecule has 0 unspecified atom stereocenters. The lowest BCUT2D eigenvalue weighted by Crippen LogP contribution is -2.42. The molecule has 1 aromatic rings. The van der Waals surface area contributed by atoms with E-state index in [4.69, 9.17) is 5.73 Å². The van der Waals surface area contributed by atoms with Crippen molar-refractivity contribution in [3.63, 3.8) is 0 Å². The predicted molar refractivity (Wildman–Crippen MR) is 69.7 cm³/mol. The van der Waals surface area contributed by atoms with E-state index < -0.39 is 0 Å². The molecule has 1 aliphatic rings. The van der Waals surface area contributed by atoms with Gasteiger partial charge in [-0.1, -0.05) is 31.9 Å². The first-order valence-corrected chi connectivity index (χ1v) is 6.40. The number of anilines is 1. The summed E-state index contributed by atoms with van der Waals surface area (Å²) >= 11 is 0. The number of rotatable bonds is 3. The molecule has 0 aliphatic heterocycles. The molecule has 2 atom stereocenters. The Labute approximate surface area is 98.2 Å². The monoisotopic (exact) mass is 218 g/mol. The van der Waals surface area contributed by atoms with Gasteiger partial charge >= 0.3 is 0 Å². The van der Waals surface area contributed by atoms with E-state index in [0.29, 0.717) is 12.1 Å². The zero-order valence-electron chi connectivity index (χ0n) is 10.1. The average molecular weight is 218 g/mol. The SMILES string of the molecule is CCc1ccc(N[C@@H]2CCCC[C@@H]2N)cc1. The summed E-state index contributed by atoms with van der Waals surface area (Å²) in [7, 11) is 0. The van der Waals surface area contributed by atoms with Gasteiger partial charge in [0.2, 0.25) is 0 Å².